The van der Waals surface area contributed by atoms with Gasteiger partial charge in [0.15, 0.2) is 0 Å². The van der Waals surface area contributed by atoms with Crippen molar-refractivity contribution < 1.29 is 8.78 Å². The minimum Gasteiger partial charge on any atom is -0.311 e. The number of hydrogen-bond acceptors (Lipinski definition) is 2. The first-order chi connectivity index (χ1) is 8.59. The SMILES string of the molecule is FC1(F)CCCC(N2CCC3(CCCN3)CC2)C1. The van der Waals surface area contributed by atoms with Gasteiger partial charge < -0.3 is 10.2 Å². The fraction of sp³-hybridized carbons (Fsp3) is 1.00. The van der Waals surface area contributed by atoms with E-state index in [-0.39, 0.29) is 18.9 Å². The minimum absolute atomic E-state index is 0.0907. The standard InChI is InChI=1S/C14H24F2N2/c15-14(16)5-1-3-12(11-14)18-9-6-13(7-10-18)4-2-8-17-13/h12,17H,1-11H2. The number of hydrogen-bond donors (Lipinski definition) is 1. The Bertz CT molecular complexity index is 290. The van der Waals surface area contributed by atoms with Gasteiger partial charge in [-0.25, -0.2) is 8.78 Å². The molecule has 0 aromatic rings. The van der Waals surface area contributed by atoms with Crippen LogP contribution < -0.4 is 5.32 Å². The highest BCUT2D eigenvalue weighted by Gasteiger charge is 2.42. The Hall–Kier alpha value is -0.220. The van der Waals surface area contributed by atoms with E-state index in [0.29, 0.717) is 12.0 Å². The number of alkyl halides is 2. The molecule has 3 aliphatic rings. The average molecular weight is 258 g/mol. The summed E-state index contributed by atoms with van der Waals surface area (Å²) in [6.07, 6.45) is 6.71. The molecule has 18 heavy (non-hydrogen) atoms. The Balaban J connectivity index is 1.56. The Morgan fingerprint density at radius 1 is 1.00 bits per heavy atom. The lowest BCUT2D eigenvalue weighted by molar-refractivity contribution is -0.0685. The highest BCUT2D eigenvalue weighted by Crippen LogP contribution is 2.38. The molecule has 1 atom stereocenters. The zero-order valence-corrected chi connectivity index (χ0v) is 11.1. The van der Waals surface area contributed by atoms with Gasteiger partial charge in [-0.1, -0.05) is 0 Å². The molecule has 4 heteroatoms. The van der Waals surface area contributed by atoms with Crippen LogP contribution in [-0.4, -0.2) is 42.0 Å². The van der Waals surface area contributed by atoms with Crippen molar-refractivity contribution in [1.29, 1.82) is 0 Å². The van der Waals surface area contributed by atoms with Crippen molar-refractivity contribution >= 4 is 0 Å². The third-order valence-electron chi connectivity index (χ3n) is 5.22. The Kier molecular flexibility index (Phi) is 3.35. The van der Waals surface area contributed by atoms with Crippen LogP contribution in [0.4, 0.5) is 8.78 Å². The van der Waals surface area contributed by atoms with Crippen LogP contribution in [0.1, 0.15) is 51.4 Å². The largest absolute Gasteiger partial charge is 0.311 e. The van der Waals surface area contributed by atoms with Crippen molar-refractivity contribution in [3.05, 3.63) is 0 Å². The van der Waals surface area contributed by atoms with Crippen LogP contribution in [0.2, 0.25) is 0 Å². The van der Waals surface area contributed by atoms with E-state index in [1.807, 2.05) is 0 Å². The molecule has 1 spiro atoms. The van der Waals surface area contributed by atoms with E-state index in [0.717, 1.165) is 38.9 Å². The lowest BCUT2D eigenvalue weighted by Crippen LogP contribution is -2.53. The summed E-state index contributed by atoms with van der Waals surface area (Å²) in [5, 5.41) is 3.64. The second-order valence-electron chi connectivity index (χ2n) is 6.45. The van der Waals surface area contributed by atoms with Crippen molar-refractivity contribution in [2.45, 2.75) is 68.9 Å². The van der Waals surface area contributed by atoms with Crippen molar-refractivity contribution in [2.24, 2.45) is 0 Å². The highest BCUT2D eigenvalue weighted by molar-refractivity contribution is 4.98. The van der Waals surface area contributed by atoms with Gasteiger partial charge in [0, 0.05) is 37.5 Å². The number of halogens is 2. The zero-order chi connectivity index (χ0) is 12.6. The number of nitrogens with one attached hydrogen (secondary N) is 1. The van der Waals surface area contributed by atoms with E-state index in [1.165, 1.54) is 12.8 Å². The van der Waals surface area contributed by atoms with Crippen LogP contribution in [0.3, 0.4) is 0 Å². The molecular weight excluding hydrogens is 234 g/mol. The van der Waals surface area contributed by atoms with Crippen molar-refractivity contribution in [2.75, 3.05) is 19.6 Å². The van der Waals surface area contributed by atoms with Crippen LogP contribution in [0.15, 0.2) is 0 Å². The van der Waals surface area contributed by atoms with Crippen LogP contribution in [-0.2, 0) is 0 Å². The molecule has 0 aromatic heterocycles. The van der Waals surface area contributed by atoms with Crippen LogP contribution in [0, 0.1) is 0 Å². The van der Waals surface area contributed by atoms with Gasteiger partial charge in [0.1, 0.15) is 0 Å². The summed E-state index contributed by atoms with van der Waals surface area (Å²) < 4.78 is 26.9. The summed E-state index contributed by atoms with van der Waals surface area (Å²) in [7, 11) is 0. The Morgan fingerprint density at radius 3 is 2.39 bits per heavy atom. The third-order valence-corrected chi connectivity index (χ3v) is 5.22. The molecule has 3 fully saturated rings. The van der Waals surface area contributed by atoms with Crippen molar-refractivity contribution in [1.82, 2.24) is 10.2 Å². The van der Waals surface area contributed by atoms with Crippen LogP contribution in [0.25, 0.3) is 0 Å². The van der Waals surface area contributed by atoms with E-state index in [1.54, 1.807) is 0 Å². The minimum atomic E-state index is -2.41. The smallest absolute Gasteiger partial charge is 0.249 e. The fourth-order valence-corrected chi connectivity index (χ4v) is 4.07. The van der Waals surface area contributed by atoms with Gasteiger partial charge in [-0.15, -0.1) is 0 Å². The molecule has 0 radical (unpaired) electrons. The summed E-state index contributed by atoms with van der Waals surface area (Å²) >= 11 is 0. The molecule has 1 aliphatic carbocycles. The molecule has 1 saturated carbocycles. The first-order valence-corrected chi connectivity index (χ1v) is 7.46. The molecule has 2 heterocycles. The number of nitrogens with zero attached hydrogens (tertiary/aromatic N) is 1. The van der Waals surface area contributed by atoms with Gasteiger partial charge in [0.25, 0.3) is 0 Å². The quantitative estimate of drug-likeness (QED) is 0.778. The zero-order valence-electron chi connectivity index (χ0n) is 11.1. The molecule has 2 saturated heterocycles. The monoisotopic (exact) mass is 258 g/mol. The fourth-order valence-electron chi connectivity index (χ4n) is 4.07. The van der Waals surface area contributed by atoms with Gasteiger partial charge in [-0.05, 0) is 45.1 Å². The summed E-state index contributed by atoms with van der Waals surface area (Å²) in [5.41, 5.74) is 0.355. The van der Waals surface area contributed by atoms with E-state index in [4.69, 9.17) is 0 Å². The number of rotatable bonds is 1. The van der Waals surface area contributed by atoms with Gasteiger partial charge in [-0.3, -0.25) is 0 Å². The summed E-state index contributed by atoms with van der Waals surface area (Å²) in [5.74, 6) is -2.41. The first-order valence-electron chi connectivity index (χ1n) is 7.46. The molecule has 0 bridgehead atoms. The van der Waals surface area contributed by atoms with Gasteiger partial charge in [-0.2, -0.15) is 0 Å². The molecule has 3 rings (SSSR count). The maximum Gasteiger partial charge on any atom is 0.249 e. The van der Waals surface area contributed by atoms with E-state index in [2.05, 4.69) is 10.2 Å². The van der Waals surface area contributed by atoms with Gasteiger partial charge in [0.2, 0.25) is 5.92 Å². The molecule has 0 aromatic carbocycles. The molecule has 1 N–H and O–H groups in total. The first kappa shape index (κ1) is 12.8. The van der Waals surface area contributed by atoms with Crippen molar-refractivity contribution in [3.63, 3.8) is 0 Å². The molecule has 104 valence electrons. The Morgan fingerprint density at radius 2 is 1.78 bits per heavy atom. The topological polar surface area (TPSA) is 15.3 Å². The van der Waals surface area contributed by atoms with E-state index in [9.17, 15) is 8.78 Å². The second kappa shape index (κ2) is 4.71. The second-order valence-corrected chi connectivity index (χ2v) is 6.45. The lowest BCUT2D eigenvalue weighted by Gasteiger charge is -2.45. The summed E-state index contributed by atoms with van der Waals surface area (Å²) in [6.45, 7) is 3.16. The molecule has 0 amide bonds. The molecule has 2 nitrogen and oxygen atoms in total. The summed E-state index contributed by atoms with van der Waals surface area (Å²) in [4.78, 5) is 2.33. The Labute approximate surface area is 108 Å². The predicted octanol–water partition coefficient (Wildman–Crippen LogP) is 2.78. The van der Waals surface area contributed by atoms with Gasteiger partial charge >= 0.3 is 0 Å². The van der Waals surface area contributed by atoms with Crippen molar-refractivity contribution in [3.8, 4) is 0 Å². The predicted molar refractivity (Wildman–Crippen MR) is 68.0 cm³/mol. The molecule has 2 aliphatic heterocycles. The average Bonchev–Trinajstić information content (AvgIpc) is 2.77. The normalized spacial score (nSPS) is 36.0. The van der Waals surface area contributed by atoms with Gasteiger partial charge in [0.05, 0.1) is 0 Å². The number of likely N-dealkylation sites (tertiary alicyclic amines) is 1. The maximum absolute atomic E-state index is 13.5. The highest BCUT2D eigenvalue weighted by atomic mass is 19.3. The lowest BCUT2D eigenvalue weighted by atomic mass is 9.83. The summed E-state index contributed by atoms with van der Waals surface area (Å²) in [6, 6.07) is 0.132. The molecule has 1 unspecified atom stereocenters. The van der Waals surface area contributed by atoms with E-state index < -0.39 is 5.92 Å². The molecular formula is C14H24F2N2. The third kappa shape index (κ3) is 2.55. The van der Waals surface area contributed by atoms with Crippen LogP contribution in [0.5, 0.6) is 0 Å². The van der Waals surface area contributed by atoms with E-state index >= 15 is 0 Å². The number of piperidine rings is 1. The maximum atomic E-state index is 13.5. The van der Waals surface area contributed by atoms with Crippen LogP contribution >= 0.6 is 0 Å².